The van der Waals surface area contributed by atoms with Gasteiger partial charge in [-0.3, -0.25) is 0 Å². The van der Waals surface area contributed by atoms with Crippen molar-refractivity contribution in [1.82, 2.24) is 5.32 Å². The lowest BCUT2D eigenvalue weighted by Gasteiger charge is -2.24. The van der Waals surface area contributed by atoms with Crippen molar-refractivity contribution >= 4 is 0 Å². The molecular formula is C7H15NO2. The molecule has 3 heteroatoms. The number of nitrogens with one attached hydrogen (secondary N) is 1. The predicted octanol–water partition coefficient (Wildman–Crippen LogP) is -0.254. The van der Waals surface area contributed by atoms with Gasteiger partial charge >= 0.3 is 0 Å². The largest absolute Gasteiger partial charge is 0.393 e. The van der Waals surface area contributed by atoms with Crippen molar-refractivity contribution in [2.24, 2.45) is 0 Å². The van der Waals surface area contributed by atoms with Crippen LogP contribution in [0.15, 0.2) is 0 Å². The molecule has 1 heterocycles. The Morgan fingerprint density at radius 2 is 2.60 bits per heavy atom. The summed E-state index contributed by atoms with van der Waals surface area (Å²) in [7, 11) is 0. The molecule has 0 bridgehead atoms. The Morgan fingerprint density at radius 3 is 3.10 bits per heavy atom. The van der Waals surface area contributed by atoms with E-state index in [-0.39, 0.29) is 6.10 Å². The van der Waals surface area contributed by atoms with Crippen LogP contribution in [-0.2, 0) is 4.74 Å². The van der Waals surface area contributed by atoms with E-state index in [0.717, 1.165) is 26.2 Å². The Bertz CT molecular complexity index is 89.6. The van der Waals surface area contributed by atoms with E-state index in [1.54, 1.807) is 6.92 Å². The van der Waals surface area contributed by atoms with Crippen LogP contribution in [0.3, 0.4) is 0 Å². The van der Waals surface area contributed by atoms with E-state index in [1.807, 2.05) is 0 Å². The van der Waals surface area contributed by atoms with E-state index in [1.165, 1.54) is 0 Å². The highest BCUT2D eigenvalue weighted by Gasteiger charge is 2.14. The summed E-state index contributed by atoms with van der Waals surface area (Å²) in [5, 5.41) is 12.3. The number of hydrogen-bond acceptors (Lipinski definition) is 3. The van der Waals surface area contributed by atoms with Gasteiger partial charge in [-0.05, 0) is 13.3 Å². The van der Waals surface area contributed by atoms with Gasteiger partial charge in [0.15, 0.2) is 0 Å². The number of ether oxygens (including phenoxy) is 1. The molecule has 3 nitrogen and oxygen atoms in total. The van der Waals surface area contributed by atoms with Crippen LogP contribution in [0.25, 0.3) is 0 Å². The first-order chi connectivity index (χ1) is 4.79. The number of aliphatic hydroxyl groups excluding tert-OH is 1. The van der Waals surface area contributed by atoms with Crippen LogP contribution in [0.4, 0.5) is 0 Å². The monoisotopic (exact) mass is 145 g/mol. The van der Waals surface area contributed by atoms with Crippen molar-refractivity contribution in [2.75, 3.05) is 19.8 Å². The number of hydrogen-bond donors (Lipinski definition) is 2. The van der Waals surface area contributed by atoms with Gasteiger partial charge in [-0.15, -0.1) is 0 Å². The average molecular weight is 145 g/mol. The van der Waals surface area contributed by atoms with Crippen LogP contribution in [-0.4, -0.2) is 37.0 Å². The fourth-order valence-electron chi connectivity index (χ4n) is 1.18. The third kappa shape index (κ3) is 2.64. The maximum Gasteiger partial charge on any atom is 0.0621 e. The zero-order valence-electron chi connectivity index (χ0n) is 6.34. The maximum atomic E-state index is 9.01. The van der Waals surface area contributed by atoms with E-state index in [2.05, 4.69) is 5.32 Å². The zero-order valence-corrected chi connectivity index (χ0v) is 6.34. The molecule has 0 unspecified atom stereocenters. The second-order valence-corrected chi connectivity index (χ2v) is 2.81. The predicted molar refractivity (Wildman–Crippen MR) is 38.9 cm³/mol. The van der Waals surface area contributed by atoms with E-state index in [4.69, 9.17) is 9.84 Å². The summed E-state index contributed by atoms with van der Waals surface area (Å²) in [4.78, 5) is 0. The molecule has 0 aliphatic carbocycles. The zero-order chi connectivity index (χ0) is 7.40. The highest BCUT2D eigenvalue weighted by Crippen LogP contribution is 2.01. The molecule has 0 aromatic carbocycles. The minimum Gasteiger partial charge on any atom is -0.393 e. The average Bonchev–Trinajstić information content (AvgIpc) is 1.88. The Balaban J connectivity index is 2.13. The standard InChI is InChI=1S/C7H15NO2/c1-6(9)4-7-5-10-3-2-8-7/h6-9H,2-5H2,1H3/t6-,7-/m0/s1. The number of morpholine rings is 1. The molecule has 0 radical (unpaired) electrons. The van der Waals surface area contributed by atoms with Crippen LogP contribution >= 0.6 is 0 Å². The maximum absolute atomic E-state index is 9.01. The molecule has 1 rings (SSSR count). The quantitative estimate of drug-likeness (QED) is 0.563. The van der Waals surface area contributed by atoms with Crippen molar-refractivity contribution in [3.63, 3.8) is 0 Å². The van der Waals surface area contributed by atoms with Crippen LogP contribution < -0.4 is 5.32 Å². The first-order valence-electron chi connectivity index (χ1n) is 3.78. The SMILES string of the molecule is C[C@H](O)C[C@H]1COCCN1. The van der Waals surface area contributed by atoms with Crippen molar-refractivity contribution in [3.8, 4) is 0 Å². The lowest BCUT2D eigenvalue weighted by atomic mass is 10.1. The molecule has 0 aromatic rings. The van der Waals surface area contributed by atoms with E-state index in [9.17, 15) is 0 Å². The molecule has 0 saturated carbocycles. The molecular weight excluding hydrogens is 130 g/mol. The van der Waals surface area contributed by atoms with Crippen LogP contribution in [0, 0.1) is 0 Å². The van der Waals surface area contributed by atoms with Gasteiger partial charge in [0.05, 0.1) is 19.3 Å². The van der Waals surface area contributed by atoms with Crippen molar-refractivity contribution < 1.29 is 9.84 Å². The second-order valence-electron chi connectivity index (χ2n) is 2.81. The van der Waals surface area contributed by atoms with Gasteiger partial charge in [-0.1, -0.05) is 0 Å². The number of rotatable bonds is 2. The Hall–Kier alpha value is -0.120. The summed E-state index contributed by atoms with van der Waals surface area (Å²) in [6.07, 6.45) is 0.569. The molecule has 10 heavy (non-hydrogen) atoms. The molecule has 0 aromatic heterocycles. The minimum atomic E-state index is -0.223. The summed E-state index contributed by atoms with van der Waals surface area (Å²) in [5.41, 5.74) is 0. The lowest BCUT2D eigenvalue weighted by Crippen LogP contribution is -2.42. The fraction of sp³-hybridized carbons (Fsp3) is 1.00. The first-order valence-corrected chi connectivity index (χ1v) is 3.78. The molecule has 1 fully saturated rings. The molecule has 0 amide bonds. The summed E-state index contributed by atoms with van der Waals surface area (Å²) in [5.74, 6) is 0. The van der Waals surface area contributed by atoms with Gasteiger partial charge in [-0.2, -0.15) is 0 Å². The molecule has 60 valence electrons. The van der Waals surface area contributed by atoms with Crippen LogP contribution in [0.5, 0.6) is 0 Å². The van der Waals surface area contributed by atoms with Gasteiger partial charge in [0.25, 0.3) is 0 Å². The van der Waals surface area contributed by atoms with Crippen LogP contribution in [0.2, 0.25) is 0 Å². The lowest BCUT2D eigenvalue weighted by molar-refractivity contribution is 0.0557. The van der Waals surface area contributed by atoms with E-state index < -0.39 is 0 Å². The molecule has 1 aliphatic rings. The highest BCUT2D eigenvalue weighted by molar-refractivity contribution is 4.71. The minimum absolute atomic E-state index is 0.223. The van der Waals surface area contributed by atoms with Crippen molar-refractivity contribution in [1.29, 1.82) is 0 Å². The second kappa shape index (κ2) is 3.91. The molecule has 0 spiro atoms. The topological polar surface area (TPSA) is 41.5 Å². The van der Waals surface area contributed by atoms with Crippen LogP contribution in [0.1, 0.15) is 13.3 Å². The summed E-state index contributed by atoms with van der Waals surface area (Å²) in [6, 6.07) is 0.355. The van der Waals surface area contributed by atoms with Gasteiger partial charge < -0.3 is 15.2 Å². The summed E-state index contributed by atoms with van der Waals surface area (Å²) < 4.78 is 5.21. The summed E-state index contributed by atoms with van der Waals surface area (Å²) in [6.45, 7) is 4.26. The Labute approximate surface area is 61.4 Å². The normalized spacial score (nSPS) is 30.0. The third-order valence-corrected chi connectivity index (χ3v) is 1.62. The Morgan fingerprint density at radius 1 is 1.80 bits per heavy atom. The molecule has 2 atom stereocenters. The van der Waals surface area contributed by atoms with E-state index in [0.29, 0.717) is 6.04 Å². The fourth-order valence-corrected chi connectivity index (χ4v) is 1.18. The first kappa shape index (κ1) is 7.98. The smallest absolute Gasteiger partial charge is 0.0621 e. The van der Waals surface area contributed by atoms with Gasteiger partial charge in [0.1, 0.15) is 0 Å². The van der Waals surface area contributed by atoms with Gasteiger partial charge in [0, 0.05) is 12.6 Å². The summed E-state index contributed by atoms with van der Waals surface area (Å²) >= 11 is 0. The molecule has 2 N–H and O–H groups in total. The van der Waals surface area contributed by atoms with E-state index >= 15 is 0 Å². The number of aliphatic hydroxyl groups is 1. The van der Waals surface area contributed by atoms with Gasteiger partial charge in [0.2, 0.25) is 0 Å². The van der Waals surface area contributed by atoms with Crippen molar-refractivity contribution in [3.05, 3.63) is 0 Å². The van der Waals surface area contributed by atoms with Crippen molar-refractivity contribution in [2.45, 2.75) is 25.5 Å². The highest BCUT2D eigenvalue weighted by atomic mass is 16.5. The third-order valence-electron chi connectivity index (χ3n) is 1.62. The van der Waals surface area contributed by atoms with Gasteiger partial charge in [-0.25, -0.2) is 0 Å². The molecule has 1 aliphatic heterocycles. The molecule has 1 saturated heterocycles. The Kier molecular flexibility index (Phi) is 3.12.